The smallest absolute Gasteiger partial charge is 0.272 e. The fourth-order valence-electron chi connectivity index (χ4n) is 3.76. The lowest BCUT2D eigenvalue weighted by Gasteiger charge is -2.37. The highest BCUT2D eigenvalue weighted by Crippen LogP contribution is 2.56. The molecule has 0 aliphatic carbocycles. The molecule has 0 aromatic rings. The van der Waals surface area contributed by atoms with Crippen molar-refractivity contribution in [1.29, 1.82) is 0 Å². The van der Waals surface area contributed by atoms with E-state index in [0.717, 1.165) is 0 Å². The zero-order valence-corrected chi connectivity index (χ0v) is 12.2. The topological polar surface area (TPSA) is 92.3 Å². The summed E-state index contributed by atoms with van der Waals surface area (Å²) >= 11 is 0. The SMILES string of the molecule is CO[C@]12CS(=O)(=O)O[C@@]13[C@@H](CN2)O[C@@H]1OC(C)(C)O[C@@H]13. The average molecular weight is 307 g/mol. The van der Waals surface area contributed by atoms with E-state index in [4.69, 9.17) is 23.1 Å². The maximum absolute atomic E-state index is 12.0. The van der Waals surface area contributed by atoms with Gasteiger partial charge in [0.25, 0.3) is 10.1 Å². The van der Waals surface area contributed by atoms with Crippen LogP contribution in [-0.4, -0.2) is 63.4 Å². The summed E-state index contributed by atoms with van der Waals surface area (Å²) in [6.07, 6.45) is -1.81. The van der Waals surface area contributed by atoms with Crippen LogP contribution in [0.5, 0.6) is 0 Å². The summed E-state index contributed by atoms with van der Waals surface area (Å²) < 4.78 is 52.3. The summed E-state index contributed by atoms with van der Waals surface area (Å²) in [5.41, 5.74) is -2.40. The van der Waals surface area contributed by atoms with Gasteiger partial charge in [0.15, 0.2) is 23.4 Å². The Morgan fingerprint density at radius 3 is 2.75 bits per heavy atom. The first-order chi connectivity index (χ1) is 9.24. The van der Waals surface area contributed by atoms with E-state index in [1.54, 1.807) is 13.8 Å². The van der Waals surface area contributed by atoms with Crippen molar-refractivity contribution in [2.24, 2.45) is 0 Å². The van der Waals surface area contributed by atoms with Gasteiger partial charge in [-0.05, 0) is 13.8 Å². The maximum atomic E-state index is 12.0. The molecule has 4 aliphatic heterocycles. The molecule has 1 N–H and O–H groups in total. The minimum absolute atomic E-state index is 0.274. The third-order valence-electron chi connectivity index (χ3n) is 4.45. The second kappa shape index (κ2) is 3.54. The van der Waals surface area contributed by atoms with Crippen molar-refractivity contribution in [2.75, 3.05) is 19.4 Å². The fourth-order valence-corrected chi connectivity index (χ4v) is 5.52. The highest BCUT2D eigenvalue weighted by molar-refractivity contribution is 7.87. The van der Waals surface area contributed by atoms with Gasteiger partial charge in [-0.25, -0.2) is 0 Å². The van der Waals surface area contributed by atoms with Crippen LogP contribution in [0.15, 0.2) is 0 Å². The summed E-state index contributed by atoms with van der Waals surface area (Å²) in [5.74, 6) is -1.13. The largest absolute Gasteiger partial charge is 0.359 e. The van der Waals surface area contributed by atoms with E-state index in [0.29, 0.717) is 6.54 Å². The summed E-state index contributed by atoms with van der Waals surface area (Å²) in [6, 6.07) is 0. The van der Waals surface area contributed by atoms with Crippen LogP contribution in [0.2, 0.25) is 0 Å². The first-order valence-corrected chi connectivity index (χ1v) is 8.06. The molecule has 4 fully saturated rings. The molecule has 20 heavy (non-hydrogen) atoms. The highest BCUT2D eigenvalue weighted by atomic mass is 32.2. The van der Waals surface area contributed by atoms with E-state index >= 15 is 0 Å². The standard InChI is InChI=1S/C11H17NO7S/c1-9(2)17-7-8(18-9)16-6-4-12-10(15-3)5-20(13,14)19-11(6,7)10/h6-8,12H,4-5H2,1-3H3/t6-,7+,8-,10-,11-/m1/s1. The molecule has 0 radical (unpaired) electrons. The van der Waals surface area contributed by atoms with Crippen LogP contribution in [0.1, 0.15) is 13.8 Å². The van der Waals surface area contributed by atoms with Gasteiger partial charge in [-0.2, -0.15) is 8.42 Å². The minimum atomic E-state index is -3.72. The molecule has 0 bridgehead atoms. The van der Waals surface area contributed by atoms with Gasteiger partial charge < -0.3 is 18.9 Å². The molecule has 0 aromatic heterocycles. The number of fused-ring (bicyclic) bond motifs is 1. The molecule has 4 heterocycles. The normalized spacial score (nSPS) is 54.6. The molecule has 4 rings (SSSR count). The molecule has 8 nitrogen and oxygen atoms in total. The lowest BCUT2D eigenvalue weighted by molar-refractivity contribution is -0.233. The van der Waals surface area contributed by atoms with Crippen molar-refractivity contribution in [2.45, 2.75) is 49.5 Å². The van der Waals surface area contributed by atoms with E-state index in [2.05, 4.69) is 5.32 Å². The lowest BCUT2D eigenvalue weighted by atomic mass is 9.86. The average Bonchev–Trinajstić information content (AvgIpc) is 2.92. The highest BCUT2D eigenvalue weighted by Gasteiger charge is 2.81. The number of nitrogens with one attached hydrogen (secondary N) is 1. The Morgan fingerprint density at radius 1 is 1.30 bits per heavy atom. The van der Waals surface area contributed by atoms with Gasteiger partial charge in [-0.3, -0.25) is 9.50 Å². The Balaban J connectivity index is 1.84. The third-order valence-corrected chi connectivity index (χ3v) is 5.74. The molecular weight excluding hydrogens is 290 g/mol. The molecular formula is C11H17NO7S. The number of ether oxygens (including phenoxy) is 4. The number of hydrogen-bond donors (Lipinski definition) is 1. The van der Waals surface area contributed by atoms with Gasteiger partial charge in [0.05, 0.1) is 0 Å². The Bertz CT molecular complexity index is 563. The first kappa shape index (κ1) is 13.4. The predicted octanol–water partition coefficient (Wildman–Crippen LogP) is -1.09. The van der Waals surface area contributed by atoms with Crippen LogP contribution in [0.4, 0.5) is 0 Å². The fraction of sp³-hybridized carbons (Fsp3) is 1.00. The van der Waals surface area contributed by atoms with Crippen molar-refractivity contribution < 1.29 is 31.5 Å². The zero-order valence-electron chi connectivity index (χ0n) is 11.4. The van der Waals surface area contributed by atoms with Crippen molar-refractivity contribution in [3.8, 4) is 0 Å². The minimum Gasteiger partial charge on any atom is -0.359 e. The van der Waals surface area contributed by atoms with Crippen LogP contribution >= 0.6 is 0 Å². The molecule has 9 heteroatoms. The molecule has 4 aliphatic rings. The first-order valence-electron chi connectivity index (χ1n) is 6.48. The van der Waals surface area contributed by atoms with E-state index in [-0.39, 0.29) is 5.75 Å². The van der Waals surface area contributed by atoms with E-state index in [1.807, 2.05) is 0 Å². The van der Waals surface area contributed by atoms with E-state index in [9.17, 15) is 8.42 Å². The molecule has 0 aromatic carbocycles. The second-order valence-corrected chi connectivity index (χ2v) is 7.61. The van der Waals surface area contributed by atoms with Gasteiger partial charge in [0.1, 0.15) is 18.0 Å². The van der Waals surface area contributed by atoms with Crippen molar-refractivity contribution in [3.05, 3.63) is 0 Å². The quantitative estimate of drug-likeness (QED) is 0.611. The van der Waals surface area contributed by atoms with Crippen LogP contribution in [0, 0.1) is 0 Å². The van der Waals surface area contributed by atoms with Crippen LogP contribution in [0.3, 0.4) is 0 Å². The second-order valence-electron chi connectivity index (χ2n) is 6.04. The van der Waals surface area contributed by atoms with Gasteiger partial charge in [-0.15, -0.1) is 0 Å². The Labute approximate surface area is 116 Å². The number of hydrogen-bond acceptors (Lipinski definition) is 8. The molecule has 0 unspecified atom stereocenters. The monoisotopic (exact) mass is 307 g/mol. The molecule has 114 valence electrons. The number of methoxy groups -OCH3 is 1. The van der Waals surface area contributed by atoms with Crippen molar-refractivity contribution in [3.63, 3.8) is 0 Å². The molecule has 1 spiro atoms. The maximum Gasteiger partial charge on any atom is 0.272 e. The summed E-state index contributed by atoms with van der Waals surface area (Å²) in [7, 11) is -2.26. The number of rotatable bonds is 1. The molecule has 4 saturated heterocycles. The lowest BCUT2D eigenvalue weighted by Crippen LogP contribution is -2.64. The Kier molecular flexibility index (Phi) is 2.37. The van der Waals surface area contributed by atoms with Crippen LogP contribution in [0.25, 0.3) is 0 Å². The van der Waals surface area contributed by atoms with Crippen molar-refractivity contribution >= 4 is 10.1 Å². The van der Waals surface area contributed by atoms with Crippen LogP contribution < -0.4 is 5.32 Å². The van der Waals surface area contributed by atoms with Crippen LogP contribution in [-0.2, 0) is 33.2 Å². The predicted molar refractivity (Wildman–Crippen MR) is 64.0 cm³/mol. The van der Waals surface area contributed by atoms with Gasteiger partial charge in [-0.1, -0.05) is 0 Å². The van der Waals surface area contributed by atoms with Crippen molar-refractivity contribution in [1.82, 2.24) is 5.32 Å². The Morgan fingerprint density at radius 2 is 2.05 bits per heavy atom. The van der Waals surface area contributed by atoms with E-state index < -0.39 is 45.7 Å². The van der Waals surface area contributed by atoms with Gasteiger partial charge in [0.2, 0.25) is 0 Å². The third kappa shape index (κ3) is 1.39. The summed E-state index contributed by atoms with van der Waals surface area (Å²) in [4.78, 5) is 0. The molecule has 0 saturated carbocycles. The Hall–Kier alpha value is -0.290. The van der Waals surface area contributed by atoms with Gasteiger partial charge in [0, 0.05) is 13.7 Å². The molecule has 5 atom stereocenters. The van der Waals surface area contributed by atoms with E-state index in [1.165, 1.54) is 7.11 Å². The summed E-state index contributed by atoms with van der Waals surface area (Å²) in [6.45, 7) is 3.92. The van der Waals surface area contributed by atoms with Gasteiger partial charge >= 0.3 is 0 Å². The summed E-state index contributed by atoms with van der Waals surface area (Å²) in [5, 5.41) is 3.08. The zero-order chi connectivity index (χ0) is 14.4. The molecule has 0 amide bonds.